The molecule has 2 heteroatoms. The SMILES string of the molecule is CC(C)C(C)N(C)c1ccc([C@@H](C)N)cc1. The maximum Gasteiger partial charge on any atom is 0.0366 e. The van der Waals surface area contributed by atoms with Crippen molar-refractivity contribution in [1.29, 1.82) is 0 Å². The van der Waals surface area contributed by atoms with Crippen molar-refractivity contribution in [3.05, 3.63) is 29.8 Å². The third-order valence-corrected chi connectivity index (χ3v) is 3.40. The third kappa shape index (κ3) is 2.99. The van der Waals surface area contributed by atoms with Crippen LogP contribution in [0.15, 0.2) is 24.3 Å². The lowest BCUT2D eigenvalue weighted by Crippen LogP contribution is -2.33. The molecule has 0 aliphatic rings. The van der Waals surface area contributed by atoms with Gasteiger partial charge in [-0.25, -0.2) is 0 Å². The monoisotopic (exact) mass is 220 g/mol. The highest BCUT2D eigenvalue weighted by Crippen LogP contribution is 2.21. The highest BCUT2D eigenvalue weighted by Gasteiger charge is 2.13. The van der Waals surface area contributed by atoms with Gasteiger partial charge in [0.25, 0.3) is 0 Å². The first-order valence-corrected chi connectivity index (χ1v) is 6.02. The summed E-state index contributed by atoms with van der Waals surface area (Å²) in [6, 6.07) is 9.19. The molecule has 2 atom stereocenters. The summed E-state index contributed by atoms with van der Waals surface area (Å²) in [6.45, 7) is 8.76. The second-order valence-electron chi connectivity index (χ2n) is 4.98. The minimum Gasteiger partial charge on any atom is -0.372 e. The molecule has 1 unspecified atom stereocenters. The Kier molecular flexibility index (Phi) is 4.36. The van der Waals surface area contributed by atoms with Crippen molar-refractivity contribution in [2.75, 3.05) is 11.9 Å². The van der Waals surface area contributed by atoms with Gasteiger partial charge in [0.05, 0.1) is 0 Å². The highest BCUT2D eigenvalue weighted by atomic mass is 15.1. The summed E-state index contributed by atoms with van der Waals surface area (Å²) >= 11 is 0. The average Bonchev–Trinajstić information content (AvgIpc) is 2.27. The molecule has 0 saturated carbocycles. The lowest BCUT2D eigenvalue weighted by molar-refractivity contribution is 0.505. The van der Waals surface area contributed by atoms with Crippen molar-refractivity contribution in [2.24, 2.45) is 11.7 Å². The van der Waals surface area contributed by atoms with Gasteiger partial charge in [-0.05, 0) is 37.5 Å². The summed E-state index contributed by atoms with van der Waals surface area (Å²) < 4.78 is 0. The van der Waals surface area contributed by atoms with Crippen LogP contribution in [0.3, 0.4) is 0 Å². The van der Waals surface area contributed by atoms with Gasteiger partial charge in [-0.15, -0.1) is 0 Å². The van der Waals surface area contributed by atoms with Crippen LogP contribution in [0.25, 0.3) is 0 Å². The molecule has 0 aliphatic heterocycles. The molecule has 90 valence electrons. The van der Waals surface area contributed by atoms with E-state index in [4.69, 9.17) is 5.73 Å². The zero-order valence-corrected chi connectivity index (χ0v) is 11.1. The van der Waals surface area contributed by atoms with E-state index in [-0.39, 0.29) is 6.04 Å². The first-order chi connectivity index (χ1) is 7.43. The molecule has 1 aromatic carbocycles. The molecule has 0 aliphatic carbocycles. The number of rotatable bonds is 4. The fourth-order valence-corrected chi connectivity index (χ4v) is 1.70. The molecule has 0 saturated heterocycles. The summed E-state index contributed by atoms with van der Waals surface area (Å²) in [5.41, 5.74) is 8.28. The zero-order valence-electron chi connectivity index (χ0n) is 11.1. The number of nitrogens with zero attached hydrogens (tertiary/aromatic N) is 1. The van der Waals surface area contributed by atoms with Gasteiger partial charge < -0.3 is 10.6 Å². The predicted octanol–water partition coefficient (Wildman–Crippen LogP) is 3.19. The number of anilines is 1. The minimum absolute atomic E-state index is 0.113. The second kappa shape index (κ2) is 5.35. The lowest BCUT2D eigenvalue weighted by Gasteiger charge is -2.30. The molecule has 0 aromatic heterocycles. The van der Waals surface area contributed by atoms with Crippen molar-refractivity contribution in [1.82, 2.24) is 0 Å². The summed E-state index contributed by atoms with van der Waals surface area (Å²) in [5.74, 6) is 0.651. The van der Waals surface area contributed by atoms with Gasteiger partial charge in [-0.2, -0.15) is 0 Å². The number of hydrogen-bond acceptors (Lipinski definition) is 2. The second-order valence-corrected chi connectivity index (χ2v) is 4.98. The molecule has 2 N–H and O–H groups in total. The fraction of sp³-hybridized carbons (Fsp3) is 0.571. The van der Waals surface area contributed by atoms with E-state index < -0.39 is 0 Å². The van der Waals surface area contributed by atoms with Gasteiger partial charge >= 0.3 is 0 Å². The average molecular weight is 220 g/mol. The molecule has 0 spiro atoms. The Morgan fingerprint density at radius 1 is 1.00 bits per heavy atom. The molecule has 0 radical (unpaired) electrons. The number of benzene rings is 1. The highest BCUT2D eigenvalue weighted by molar-refractivity contribution is 5.48. The quantitative estimate of drug-likeness (QED) is 0.844. The first-order valence-electron chi connectivity index (χ1n) is 6.02. The first kappa shape index (κ1) is 13.0. The normalized spacial score (nSPS) is 14.9. The Bertz CT molecular complexity index is 314. The van der Waals surface area contributed by atoms with Crippen molar-refractivity contribution in [3.63, 3.8) is 0 Å². The van der Waals surface area contributed by atoms with E-state index in [2.05, 4.69) is 57.0 Å². The molecule has 1 aromatic rings. The van der Waals surface area contributed by atoms with Crippen molar-refractivity contribution < 1.29 is 0 Å². The molecule has 1 rings (SSSR count). The van der Waals surface area contributed by atoms with E-state index in [9.17, 15) is 0 Å². The van der Waals surface area contributed by atoms with Crippen LogP contribution in [0.4, 0.5) is 5.69 Å². The van der Waals surface area contributed by atoms with Crippen LogP contribution in [0.1, 0.15) is 39.3 Å². The van der Waals surface area contributed by atoms with Crippen LogP contribution in [0, 0.1) is 5.92 Å². The van der Waals surface area contributed by atoms with E-state index >= 15 is 0 Å². The molecular formula is C14H24N2. The van der Waals surface area contributed by atoms with E-state index in [0.717, 1.165) is 0 Å². The van der Waals surface area contributed by atoms with Crippen molar-refractivity contribution in [2.45, 2.75) is 39.8 Å². The standard InChI is InChI=1S/C14H24N2/c1-10(2)12(4)16(5)14-8-6-13(7-9-14)11(3)15/h6-12H,15H2,1-5H3/t11-,12?/m1/s1. The van der Waals surface area contributed by atoms with Crippen LogP contribution in [0.5, 0.6) is 0 Å². The lowest BCUT2D eigenvalue weighted by atomic mass is 10.0. The van der Waals surface area contributed by atoms with E-state index in [0.29, 0.717) is 12.0 Å². The van der Waals surface area contributed by atoms with Gasteiger partial charge in [-0.1, -0.05) is 26.0 Å². The Hall–Kier alpha value is -1.02. The Labute approximate surface area is 99.5 Å². The van der Waals surface area contributed by atoms with Gasteiger partial charge in [0, 0.05) is 24.8 Å². The van der Waals surface area contributed by atoms with Crippen LogP contribution < -0.4 is 10.6 Å². The minimum atomic E-state index is 0.113. The summed E-state index contributed by atoms with van der Waals surface area (Å²) in [4.78, 5) is 2.32. The van der Waals surface area contributed by atoms with Gasteiger partial charge in [0.2, 0.25) is 0 Å². The molecular weight excluding hydrogens is 196 g/mol. The molecule has 0 amide bonds. The van der Waals surface area contributed by atoms with Gasteiger partial charge in [0.1, 0.15) is 0 Å². The third-order valence-electron chi connectivity index (χ3n) is 3.40. The van der Waals surface area contributed by atoms with Crippen LogP contribution >= 0.6 is 0 Å². The maximum atomic E-state index is 5.83. The zero-order chi connectivity index (χ0) is 12.3. The van der Waals surface area contributed by atoms with Crippen molar-refractivity contribution >= 4 is 5.69 Å². The van der Waals surface area contributed by atoms with Crippen LogP contribution in [0.2, 0.25) is 0 Å². The topological polar surface area (TPSA) is 29.3 Å². The van der Waals surface area contributed by atoms with Crippen LogP contribution in [-0.4, -0.2) is 13.1 Å². The van der Waals surface area contributed by atoms with Crippen LogP contribution in [-0.2, 0) is 0 Å². The molecule has 16 heavy (non-hydrogen) atoms. The molecule has 2 nitrogen and oxygen atoms in total. The summed E-state index contributed by atoms with van der Waals surface area (Å²) in [5, 5.41) is 0. The Morgan fingerprint density at radius 3 is 1.88 bits per heavy atom. The van der Waals surface area contributed by atoms with E-state index in [1.165, 1.54) is 11.3 Å². The maximum absolute atomic E-state index is 5.83. The number of hydrogen-bond donors (Lipinski definition) is 1. The molecule has 0 fully saturated rings. The molecule has 0 bridgehead atoms. The Balaban J connectivity index is 2.81. The number of nitrogens with two attached hydrogens (primary N) is 1. The predicted molar refractivity (Wildman–Crippen MR) is 71.7 cm³/mol. The Morgan fingerprint density at radius 2 is 1.50 bits per heavy atom. The molecule has 0 heterocycles. The fourth-order valence-electron chi connectivity index (χ4n) is 1.70. The van der Waals surface area contributed by atoms with E-state index in [1.807, 2.05) is 6.92 Å². The van der Waals surface area contributed by atoms with Crippen molar-refractivity contribution in [3.8, 4) is 0 Å². The van der Waals surface area contributed by atoms with Gasteiger partial charge in [0.15, 0.2) is 0 Å². The summed E-state index contributed by atoms with van der Waals surface area (Å²) in [6.07, 6.45) is 0. The summed E-state index contributed by atoms with van der Waals surface area (Å²) in [7, 11) is 2.14. The van der Waals surface area contributed by atoms with E-state index in [1.54, 1.807) is 0 Å². The van der Waals surface area contributed by atoms with Gasteiger partial charge in [-0.3, -0.25) is 0 Å². The largest absolute Gasteiger partial charge is 0.372 e. The smallest absolute Gasteiger partial charge is 0.0366 e.